The Morgan fingerprint density at radius 1 is 0.595 bits per heavy atom. The average molecular weight is 514 g/mol. The summed E-state index contributed by atoms with van der Waals surface area (Å²) in [5.41, 5.74) is -0.776. The van der Waals surface area contributed by atoms with Gasteiger partial charge in [-0.1, -0.05) is 24.3 Å². The second kappa shape index (κ2) is 10.6. The summed E-state index contributed by atoms with van der Waals surface area (Å²) in [6.07, 6.45) is 2.76. The predicted octanol–water partition coefficient (Wildman–Crippen LogP) is 9.12. The maximum Gasteiger partial charge on any atom is 0.134 e. The zero-order chi connectivity index (χ0) is 26.9. The maximum atomic E-state index is 14.9. The quantitative estimate of drug-likeness (QED) is 0.225. The van der Waals surface area contributed by atoms with Crippen molar-refractivity contribution in [2.24, 2.45) is 0 Å². The number of benzene rings is 4. The molecule has 0 heterocycles. The minimum absolute atomic E-state index is 0.00531. The first kappa shape index (κ1) is 26.2. The molecule has 4 rings (SSSR count). The highest BCUT2D eigenvalue weighted by atomic mass is 19.2. The molecular formula is C30H21F7. The summed E-state index contributed by atoms with van der Waals surface area (Å²) >= 11 is 0. The van der Waals surface area contributed by atoms with Crippen LogP contribution in [0.2, 0.25) is 0 Å². The molecule has 0 aliphatic carbocycles. The molecule has 0 fully saturated rings. The van der Waals surface area contributed by atoms with Crippen LogP contribution in [0.3, 0.4) is 0 Å². The molecule has 0 spiro atoms. The molecule has 37 heavy (non-hydrogen) atoms. The average Bonchev–Trinajstić information content (AvgIpc) is 2.80. The van der Waals surface area contributed by atoms with Crippen LogP contribution in [0.25, 0.3) is 28.3 Å². The lowest BCUT2D eigenvalue weighted by Crippen LogP contribution is -2.01. The van der Waals surface area contributed by atoms with E-state index in [0.29, 0.717) is 11.1 Å². The number of allylic oxidation sites excluding steroid dienone is 1. The molecule has 0 radical (unpaired) electrons. The Bertz CT molecular complexity index is 1450. The first-order chi connectivity index (χ1) is 17.6. The maximum absolute atomic E-state index is 14.9. The van der Waals surface area contributed by atoms with E-state index < -0.39 is 46.3 Å². The van der Waals surface area contributed by atoms with Crippen molar-refractivity contribution >= 4 is 6.08 Å². The van der Waals surface area contributed by atoms with E-state index in [9.17, 15) is 30.7 Å². The largest absolute Gasteiger partial charge is 0.207 e. The Balaban J connectivity index is 1.62. The second-order valence-corrected chi connectivity index (χ2v) is 8.69. The van der Waals surface area contributed by atoms with E-state index in [1.807, 2.05) is 0 Å². The molecule has 0 aliphatic heterocycles. The van der Waals surface area contributed by atoms with Gasteiger partial charge in [-0.15, -0.1) is 0 Å². The lowest BCUT2D eigenvalue weighted by atomic mass is 9.96. The smallest absolute Gasteiger partial charge is 0.134 e. The van der Waals surface area contributed by atoms with Crippen molar-refractivity contribution in [1.82, 2.24) is 0 Å². The van der Waals surface area contributed by atoms with Crippen LogP contribution in [0.4, 0.5) is 30.7 Å². The number of aryl methyl sites for hydroxylation is 2. The highest BCUT2D eigenvalue weighted by Crippen LogP contribution is 2.34. The Morgan fingerprint density at radius 3 is 1.70 bits per heavy atom. The number of rotatable bonds is 6. The van der Waals surface area contributed by atoms with Crippen LogP contribution in [0, 0.1) is 47.6 Å². The van der Waals surface area contributed by atoms with Crippen molar-refractivity contribution in [1.29, 1.82) is 0 Å². The standard InChI is InChI=1S/C30H21F7/c1-3-4-21-26(34)14-19(15-27(21)35)30-28(36)12-18(13-29(30)37)20-7-5-17(11-25(20)33)6-8-22-23(31)9-16(2)10-24(22)32/h3-5,7,9-15H,6,8H2,1-2H3/b4-3+. The molecule has 0 unspecified atom stereocenters. The fourth-order valence-corrected chi connectivity index (χ4v) is 4.25. The number of hydrogen-bond donors (Lipinski definition) is 0. The fourth-order valence-electron chi connectivity index (χ4n) is 4.25. The van der Waals surface area contributed by atoms with Gasteiger partial charge in [0.25, 0.3) is 0 Å². The Morgan fingerprint density at radius 2 is 1.16 bits per heavy atom. The van der Waals surface area contributed by atoms with Crippen LogP contribution in [0.5, 0.6) is 0 Å². The third kappa shape index (κ3) is 5.45. The Kier molecular flexibility index (Phi) is 7.52. The number of hydrogen-bond acceptors (Lipinski definition) is 0. The van der Waals surface area contributed by atoms with Gasteiger partial charge in [0.2, 0.25) is 0 Å². The van der Waals surface area contributed by atoms with Crippen LogP contribution >= 0.6 is 0 Å². The Hall–Kier alpha value is -3.87. The van der Waals surface area contributed by atoms with Gasteiger partial charge >= 0.3 is 0 Å². The van der Waals surface area contributed by atoms with Crippen molar-refractivity contribution < 1.29 is 30.7 Å². The highest BCUT2D eigenvalue weighted by molar-refractivity contribution is 5.73. The molecule has 0 N–H and O–H groups in total. The van der Waals surface area contributed by atoms with E-state index in [-0.39, 0.29) is 40.7 Å². The van der Waals surface area contributed by atoms with Gasteiger partial charge in [-0.05, 0) is 91.4 Å². The molecular weight excluding hydrogens is 493 g/mol. The van der Waals surface area contributed by atoms with Gasteiger partial charge in [0, 0.05) is 16.7 Å². The normalized spacial score (nSPS) is 11.5. The predicted molar refractivity (Wildman–Crippen MR) is 130 cm³/mol. The van der Waals surface area contributed by atoms with Crippen molar-refractivity contribution in [2.75, 3.05) is 0 Å². The first-order valence-corrected chi connectivity index (χ1v) is 11.4. The van der Waals surface area contributed by atoms with Crippen LogP contribution in [-0.4, -0.2) is 0 Å². The Labute approximate surface area is 209 Å². The molecule has 0 bridgehead atoms. The third-order valence-electron chi connectivity index (χ3n) is 6.04. The lowest BCUT2D eigenvalue weighted by Gasteiger charge is -2.12. The van der Waals surface area contributed by atoms with E-state index in [1.54, 1.807) is 13.8 Å². The highest BCUT2D eigenvalue weighted by Gasteiger charge is 2.19. The molecule has 0 atom stereocenters. The van der Waals surface area contributed by atoms with Gasteiger partial charge in [0.15, 0.2) is 0 Å². The lowest BCUT2D eigenvalue weighted by molar-refractivity contribution is 0.552. The molecule has 0 amide bonds. The SMILES string of the molecule is C/C=C/c1c(F)cc(-c2c(F)cc(-c3ccc(CCc4c(F)cc(C)cc4F)cc3F)cc2F)cc1F. The zero-order valence-electron chi connectivity index (χ0n) is 19.9. The van der Waals surface area contributed by atoms with Gasteiger partial charge in [0.05, 0.1) is 5.56 Å². The van der Waals surface area contributed by atoms with Crippen LogP contribution in [-0.2, 0) is 12.8 Å². The van der Waals surface area contributed by atoms with Crippen LogP contribution in [0.15, 0.2) is 60.7 Å². The molecule has 4 aromatic carbocycles. The molecule has 0 aromatic heterocycles. The minimum Gasteiger partial charge on any atom is -0.207 e. The van der Waals surface area contributed by atoms with Gasteiger partial charge in [-0.25, -0.2) is 30.7 Å². The fraction of sp³-hybridized carbons (Fsp3) is 0.133. The molecule has 4 aromatic rings. The molecule has 7 heteroatoms. The van der Waals surface area contributed by atoms with Gasteiger partial charge in [0.1, 0.15) is 40.7 Å². The summed E-state index contributed by atoms with van der Waals surface area (Å²) in [5, 5.41) is 0. The summed E-state index contributed by atoms with van der Waals surface area (Å²) < 4.78 is 101. The molecule has 0 nitrogen and oxygen atoms in total. The summed E-state index contributed by atoms with van der Waals surface area (Å²) in [4.78, 5) is 0. The van der Waals surface area contributed by atoms with Gasteiger partial charge < -0.3 is 0 Å². The molecule has 0 saturated heterocycles. The van der Waals surface area contributed by atoms with E-state index in [1.165, 1.54) is 36.4 Å². The topological polar surface area (TPSA) is 0 Å². The summed E-state index contributed by atoms with van der Waals surface area (Å²) in [5.74, 6) is -6.37. The monoisotopic (exact) mass is 514 g/mol. The third-order valence-corrected chi connectivity index (χ3v) is 6.04. The van der Waals surface area contributed by atoms with Gasteiger partial charge in [-0.3, -0.25) is 0 Å². The van der Waals surface area contributed by atoms with Crippen LogP contribution in [0.1, 0.15) is 29.2 Å². The van der Waals surface area contributed by atoms with E-state index >= 15 is 0 Å². The van der Waals surface area contributed by atoms with Crippen molar-refractivity contribution in [3.8, 4) is 22.3 Å². The van der Waals surface area contributed by atoms with Crippen LogP contribution < -0.4 is 0 Å². The van der Waals surface area contributed by atoms with Crippen molar-refractivity contribution in [2.45, 2.75) is 26.7 Å². The zero-order valence-corrected chi connectivity index (χ0v) is 19.9. The van der Waals surface area contributed by atoms with Gasteiger partial charge in [-0.2, -0.15) is 0 Å². The summed E-state index contributed by atoms with van der Waals surface area (Å²) in [7, 11) is 0. The second-order valence-electron chi connectivity index (χ2n) is 8.69. The molecule has 0 aliphatic rings. The van der Waals surface area contributed by atoms with Crippen molar-refractivity contribution in [3.63, 3.8) is 0 Å². The minimum atomic E-state index is -1.12. The van der Waals surface area contributed by atoms with E-state index in [0.717, 1.165) is 30.3 Å². The van der Waals surface area contributed by atoms with Crippen molar-refractivity contribution in [3.05, 3.63) is 124 Å². The summed E-state index contributed by atoms with van der Waals surface area (Å²) in [6.45, 7) is 3.14. The summed E-state index contributed by atoms with van der Waals surface area (Å²) in [6, 6.07) is 9.79. The molecule has 190 valence electrons. The van der Waals surface area contributed by atoms with E-state index in [4.69, 9.17) is 0 Å². The number of halogens is 7. The first-order valence-electron chi connectivity index (χ1n) is 11.4. The molecule has 0 saturated carbocycles. The van der Waals surface area contributed by atoms with E-state index in [2.05, 4.69) is 0 Å².